The zero-order valence-corrected chi connectivity index (χ0v) is 48.4. The summed E-state index contributed by atoms with van der Waals surface area (Å²) in [5.74, 6) is 0. The Kier molecular flexibility index (Phi) is 13.1. The van der Waals surface area contributed by atoms with Crippen LogP contribution in [-0.2, 0) is 0 Å². The van der Waals surface area contributed by atoms with Gasteiger partial charge in [-0.1, -0.05) is 188 Å². The van der Waals surface area contributed by atoms with Gasteiger partial charge < -0.3 is 9.13 Å². The van der Waals surface area contributed by atoms with Crippen LogP contribution in [0.15, 0.2) is 304 Å². The molecule has 0 saturated heterocycles. The summed E-state index contributed by atoms with van der Waals surface area (Å²) in [6.07, 6.45) is 7.40. The zero-order valence-electron chi connectivity index (χ0n) is 48.4. The number of pyridine rings is 4. The van der Waals surface area contributed by atoms with Gasteiger partial charge in [-0.05, 0) is 124 Å². The van der Waals surface area contributed by atoms with Crippen LogP contribution in [0.5, 0.6) is 0 Å². The maximum absolute atomic E-state index is 12.2. The van der Waals surface area contributed by atoms with Crippen molar-refractivity contribution in [2.75, 3.05) is 0 Å². The third-order valence-electron chi connectivity index (χ3n) is 17.2. The topological polar surface area (TPSA) is 89.6 Å². The molecule has 0 atom stereocenters. The first-order valence-electron chi connectivity index (χ1n) is 29.8. The molecule has 0 bridgehead atoms. The Morgan fingerprint density at radius 2 is 0.600 bits per heavy atom. The number of rotatable bonds is 11. The van der Waals surface area contributed by atoms with Crippen LogP contribution < -0.4 is 0 Å². The third-order valence-corrected chi connectivity index (χ3v) is 17.2. The number of aromatic nitrogens is 6. The maximum Gasteiger partial charge on any atom is 0.187 e. The second kappa shape index (κ2) is 22.3. The Morgan fingerprint density at radius 3 is 0.900 bits per heavy atom. The Bertz CT molecular complexity index is 4970. The van der Waals surface area contributed by atoms with E-state index in [0.29, 0.717) is 22.6 Å². The Hall–Kier alpha value is -12.6. The van der Waals surface area contributed by atoms with E-state index in [0.717, 1.165) is 144 Å². The van der Waals surface area contributed by atoms with Gasteiger partial charge in [-0.15, -0.1) is 0 Å². The summed E-state index contributed by atoms with van der Waals surface area (Å²) >= 11 is 0. The van der Waals surface area contributed by atoms with E-state index in [4.69, 9.17) is 26.5 Å². The Morgan fingerprint density at radius 1 is 0.289 bits per heavy atom. The molecule has 8 nitrogen and oxygen atoms in total. The normalized spacial score (nSPS) is 11.3. The minimum atomic E-state index is 0.466. The van der Waals surface area contributed by atoms with Crippen LogP contribution in [0.25, 0.3) is 160 Å². The van der Waals surface area contributed by atoms with E-state index in [2.05, 4.69) is 178 Å². The van der Waals surface area contributed by atoms with Gasteiger partial charge in [0.15, 0.2) is 5.69 Å². The Balaban J connectivity index is 0.986. The molecule has 418 valence electrons. The fourth-order valence-corrected chi connectivity index (χ4v) is 13.1. The van der Waals surface area contributed by atoms with E-state index >= 15 is 0 Å². The molecule has 10 aromatic carbocycles. The van der Waals surface area contributed by atoms with Crippen molar-refractivity contribution < 1.29 is 0 Å². The summed E-state index contributed by atoms with van der Waals surface area (Å²) in [5, 5.41) is 16.2. The molecule has 16 aromatic rings. The van der Waals surface area contributed by atoms with E-state index in [1.54, 1.807) is 0 Å². The van der Waals surface area contributed by atoms with Crippen molar-refractivity contribution in [3.8, 4) is 118 Å². The molecule has 0 radical (unpaired) electrons. The molecule has 90 heavy (non-hydrogen) atoms. The standard InChI is InChI=1S/C82H50N8/c1-84-63-28-14-27-57(45-63)62-50-77(89-73-37-33-58(64-29-15-41-85-79(64)53-19-6-2-7-20-53)46-68(73)69-47-59(34-38-74(69)89)65-30-16-42-86-80(65)54-21-8-3-9-22-54)72(52-83)78(51-62)90-75-39-35-60(66-31-17-43-87-81(66)55-23-10-4-11-24-55)48-70(75)71-49-61(36-40-76(71)90)67-32-18-44-88-82(67)56-25-12-5-13-26-56/h2-51H. The van der Waals surface area contributed by atoms with Crippen LogP contribution in [0.1, 0.15) is 5.56 Å². The molecule has 0 aliphatic heterocycles. The molecule has 0 unspecified atom stereocenters. The summed E-state index contributed by atoms with van der Waals surface area (Å²) in [5.41, 5.74) is 23.3. The summed E-state index contributed by atoms with van der Waals surface area (Å²) in [7, 11) is 0. The molecule has 8 heteroatoms. The molecule has 16 rings (SSSR count). The van der Waals surface area contributed by atoms with Crippen LogP contribution >= 0.6 is 0 Å². The average molecular weight is 1150 g/mol. The lowest BCUT2D eigenvalue weighted by molar-refractivity contribution is 1.12. The van der Waals surface area contributed by atoms with Gasteiger partial charge in [0.05, 0.1) is 62.8 Å². The number of fused-ring (bicyclic) bond motifs is 6. The van der Waals surface area contributed by atoms with Gasteiger partial charge in [-0.25, -0.2) is 4.85 Å². The number of benzene rings is 10. The first-order chi connectivity index (χ1) is 44.6. The monoisotopic (exact) mass is 1150 g/mol. The van der Waals surface area contributed by atoms with E-state index in [1.807, 2.05) is 146 Å². The predicted octanol–water partition coefficient (Wildman–Crippen LogP) is 20.9. The highest BCUT2D eigenvalue weighted by Crippen LogP contribution is 2.46. The van der Waals surface area contributed by atoms with Gasteiger partial charge in [0.1, 0.15) is 11.6 Å². The summed E-state index contributed by atoms with van der Waals surface area (Å²) < 4.78 is 4.52. The molecule has 0 fully saturated rings. The van der Waals surface area contributed by atoms with Gasteiger partial charge in [0.2, 0.25) is 0 Å². The third kappa shape index (κ3) is 9.16. The van der Waals surface area contributed by atoms with E-state index < -0.39 is 0 Å². The van der Waals surface area contributed by atoms with Crippen molar-refractivity contribution in [2.24, 2.45) is 0 Å². The molecule has 0 aliphatic rings. The minimum absolute atomic E-state index is 0.466. The second-order valence-electron chi connectivity index (χ2n) is 22.3. The summed E-state index contributed by atoms with van der Waals surface area (Å²) in [6, 6.07) is 99.2. The van der Waals surface area contributed by atoms with E-state index in [-0.39, 0.29) is 0 Å². The predicted molar refractivity (Wildman–Crippen MR) is 366 cm³/mol. The maximum atomic E-state index is 12.2. The smallest absolute Gasteiger partial charge is 0.187 e. The van der Waals surface area contributed by atoms with Gasteiger partial charge in [-0.3, -0.25) is 19.9 Å². The Labute approximate surface area is 519 Å². The second-order valence-corrected chi connectivity index (χ2v) is 22.3. The molecule has 0 saturated carbocycles. The summed E-state index contributed by atoms with van der Waals surface area (Å²) in [4.78, 5) is 23.8. The lowest BCUT2D eigenvalue weighted by atomic mass is 9.96. The highest BCUT2D eigenvalue weighted by molar-refractivity contribution is 6.14. The van der Waals surface area contributed by atoms with Crippen LogP contribution in [0.4, 0.5) is 5.69 Å². The quantitative estimate of drug-likeness (QED) is 0.120. The minimum Gasteiger partial charge on any atom is -0.308 e. The molecule has 0 spiro atoms. The fraction of sp³-hybridized carbons (Fsp3) is 0. The number of hydrogen-bond acceptors (Lipinski definition) is 5. The molecule has 6 heterocycles. The van der Waals surface area contributed by atoms with Crippen LogP contribution in [-0.4, -0.2) is 29.1 Å². The van der Waals surface area contributed by atoms with Crippen LogP contribution in [0.2, 0.25) is 0 Å². The van der Waals surface area contributed by atoms with Crippen molar-refractivity contribution in [1.29, 1.82) is 5.26 Å². The first-order valence-corrected chi connectivity index (χ1v) is 29.8. The molecular formula is C82H50N8. The molecule has 0 amide bonds. The molecule has 0 N–H and O–H groups in total. The number of nitriles is 1. The van der Waals surface area contributed by atoms with Gasteiger partial charge >= 0.3 is 0 Å². The van der Waals surface area contributed by atoms with E-state index in [9.17, 15) is 5.26 Å². The van der Waals surface area contributed by atoms with Crippen LogP contribution in [0, 0.1) is 17.9 Å². The van der Waals surface area contributed by atoms with Crippen molar-refractivity contribution in [3.05, 3.63) is 321 Å². The van der Waals surface area contributed by atoms with E-state index in [1.165, 1.54) is 0 Å². The first kappa shape index (κ1) is 52.9. The lowest BCUT2D eigenvalue weighted by Gasteiger charge is -2.19. The molecule has 0 aliphatic carbocycles. The zero-order chi connectivity index (χ0) is 60.1. The SMILES string of the molecule is [C-]#[N+]c1cccc(-c2cc(-n3c4ccc(-c5cccnc5-c5ccccc5)cc4c4cc(-c5cccnc5-c5ccccc5)ccc43)c(C#N)c(-n3c4ccc(-c5cccnc5-c5ccccc5)cc4c4cc(-c5cccnc5-c5ccccc5)ccc43)c2)c1. The highest BCUT2D eigenvalue weighted by Gasteiger charge is 2.26. The summed E-state index contributed by atoms with van der Waals surface area (Å²) in [6.45, 7) is 8.16. The van der Waals surface area contributed by atoms with Crippen molar-refractivity contribution in [1.82, 2.24) is 29.1 Å². The van der Waals surface area contributed by atoms with Crippen LogP contribution in [0.3, 0.4) is 0 Å². The van der Waals surface area contributed by atoms with Crippen molar-refractivity contribution in [2.45, 2.75) is 0 Å². The number of hydrogen-bond donors (Lipinski definition) is 0. The lowest BCUT2D eigenvalue weighted by Crippen LogP contribution is -2.05. The fourth-order valence-electron chi connectivity index (χ4n) is 13.1. The molecule has 6 aromatic heterocycles. The highest BCUT2D eigenvalue weighted by atomic mass is 15.0. The van der Waals surface area contributed by atoms with Gasteiger partial charge in [0, 0.05) is 90.8 Å². The largest absolute Gasteiger partial charge is 0.308 e. The number of nitrogens with zero attached hydrogens (tertiary/aromatic N) is 8. The van der Waals surface area contributed by atoms with Crippen molar-refractivity contribution >= 4 is 49.3 Å². The van der Waals surface area contributed by atoms with Crippen molar-refractivity contribution in [3.63, 3.8) is 0 Å². The molecular weight excluding hydrogens is 1100 g/mol. The van der Waals surface area contributed by atoms with Gasteiger partial charge in [-0.2, -0.15) is 5.26 Å². The average Bonchev–Trinajstić information content (AvgIpc) is 1.59. The van der Waals surface area contributed by atoms with Gasteiger partial charge in [0.25, 0.3) is 0 Å².